The number of hydrogen-bond donors (Lipinski definition) is 1. The molecule has 0 radical (unpaired) electrons. The van der Waals surface area contributed by atoms with E-state index in [9.17, 15) is 0 Å². The highest BCUT2D eigenvalue weighted by Gasteiger charge is 2.34. The van der Waals surface area contributed by atoms with Gasteiger partial charge in [0.2, 0.25) is 0 Å². The molecule has 19 heavy (non-hydrogen) atoms. The average Bonchev–Trinajstić information content (AvgIpc) is 2.46. The Balaban J connectivity index is 2.17. The molecule has 0 saturated carbocycles. The predicted molar refractivity (Wildman–Crippen MR) is 82.3 cm³/mol. The van der Waals surface area contributed by atoms with Crippen LogP contribution >= 0.6 is 0 Å². The maximum absolute atomic E-state index is 3.73. The molecule has 2 unspecified atom stereocenters. The van der Waals surface area contributed by atoms with Gasteiger partial charge < -0.3 is 5.32 Å². The molecule has 0 aromatic heterocycles. The number of rotatable bonds is 4. The zero-order valence-electron chi connectivity index (χ0n) is 12.4. The van der Waals surface area contributed by atoms with Gasteiger partial charge in [-0.05, 0) is 25.8 Å². The minimum Gasteiger partial charge on any atom is -0.308 e. The second-order valence-corrected chi connectivity index (χ2v) is 5.72. The first-order chi connectivity index (χ1) is 9.18. The normalized spacial score (nSPS) is 28.9. The number of nitrogens with one attached hydrogen (secondary N) is 1. The number of allylic oxidation sites excluding steroid dienone is 1. The van der Waals surface area contributed by atoms with Crippen LogP contribution < -0.4 is 5.32 Å². The van der Waals surface area contributed by atoms with Crippen LogP contribution in [0.2, 0.25) is 0 Å². The summed E-state index contributed by atoms with van der Waals surface area (Å²) >= 11 is 0. The standard InChI is InChI=1S/C17H26N2/c1-4-6-12-19-14-17(3,5-2)18-13-16(19)15-10-8-7-9-11-15/h4,6-11,16,18H,5,12-14H2,1-3H3/b6-4+. The molecule has 2 rings (SSSR count). The van der Waals surface area contributed by atoms with E-state index in [1.807, 2.05) is 0 Å². The van der Waals surface area contributed by atoms with Crippen LogP contribution in [0.3, 0.4) is 0 Å². The van der Waals surface area contributed by atoms with Crippen LogP contribution in [0.4, 0.5) is 0 Å². The molecule has 1 fully saturated rings. The Morgan fingerprint density at radius 3 is 2.74 bits per heavy atom. The molecule has 1 aliphatic heterocycles. The second kappa shape index (κ2) is 6.36. The summed E-state index contributed by atoms with van der Waals surface area (Å²) in [5.41, 5.74) is 1.66. The Morgan fingerprint density at radius 2 is 2.11 bits per heavy atom. The predicted octanol–water partition coefficient (Wildman–Crippen LogP) is 3.38. The highest BCUT2D eigenvalue weighted by molar-refractivity contribution is 5.21. The highest BCUT2D eigenvalue weighted by atomic mass is 15.2. The zero-order valence-corrected chi connectivity index (χ0v) is 12.4. The van der Waals surface area contributed by atoms with E-state index < -0.39 is 0 Å². The van der Waals surface area contributed by atoms with Gasteiger partial charge in [-0.15, -0.1) is 0 Å². The van der Waals surface area contributed by atoms with E-state index in [-0.39, 0.29) is 5.54 Å². The van der Waals surface area contributed by atoms with Gasteiger partial charge in [0.25, 0.3) is 0 Å². The first-order valence-corrected chi connectivity index (χ1v) is 7.33. The summed E-state index contributed by atoms with van der Waals surface area (Å²) in [5, 5.41) is 3.73. The Kier molecular flexibility index (Phi) is 4.78. The maximum Gasteiger partial charge on any atom is 0.0476 e. The largest absolute Gasteiger partial charge is 0.308 e. The first kappa shape index (κ1) is 14.3. The summed E-state index contributed by atoms with van der Waals surface area (Å²) in [7, 11) is 0. The molecule has 1 aromatic carbocycles. The van der Waals surface area contributed by atoms with Gasteiger partial charge in [-0.2, -0.15) is 0 Å². The fraction of sp³-hybridized carbons (Fsp3) is 0.529. The van der Waals surface area contributed by atoms with Crippen molar-refractivity contribution in [3.63, 3.8) is 0 Å². The monoisotopic (exact) mass is 258 g/mol. The lowest BCUT2D eigenvalue weighted by Crippen LogP contribution is -2.59. The molecular formula is C17H26N2. The topological polar surface area (TPSA) is 15.3 Å². The fourth-order valence-corrected chi connectivity index (χ4v) is 2.76. The molecule has 2 heteroatoms. The first-order valence-electron chi connectivity index (χ1n) is 7.33. The van der Waals surface area contributed by atoms with Crippen molar-refractivity contribution in [1.29, 1.82) is 0 Å². The van der Waals surface area contributed by atoms with Crippen molar-refractivity contribution in [2.75, 3.05) is 19.6 Å². The van der Waals surface area contributed by atoms with Crippen LogP contribution in [0.15, 0.2) is 42.5 Å². The maximum atomic E-state index is 3.73. The summed E-state index contributed by atoms with van der Waals surface area (Å²) in [4.78, 5) is 2.59. The smallest absolute Gasteiger partial charge is 0.0476 e. The molecule has 1 N–H and O–H groups in total. The van der Waals surface area contributed by atoms with E-state index in [0.29, 0.717) is 6.04 Å². The van der Waals surface area contributed by atoms with Gasteiger partial charge >= 0.3 is 0 Å². The van der Waals surface area contributed by atoms with Gasteiger partial charge in [0.05, 0.1) is 0 Å². The summed E-state index contributed by atoms with van der Waals surface area (Å²) in [6, 6.07) is 11.3. The molecular weight excluding hydrogens is 232 g/mol. The van der Waals surface area contributed by atoms with E-state index in [4.69, 9.17) is 0 Å². The number of nitrogens with zero attached hydrogens (tertiary/aromatic N) is 1. The van der Waals surface area contributed by atoms with Gasteiger partial charge in [0.1, 0.15) is 0 Å². The molecule has 1 heterocycles. The molecule has 0 aliphatic carbocycles. The molecule has 1 saturated heterocycles. The molecule has 1 aliphatic rings. The van der Waals surface area contributed by atoms with Crippen LogP contribution in [0.1, 0.15) is 38.8 Å². The summed E-state index contributed by atoms with van der Waals surface area (Å²) in [6.45, 7) is 9.87. The molecule has 0 spiro atoms. The van der Waals surface area contributed by atoms with E-state index in [2.05, 4.69) is 73.5 Å². The van der Waals surface area contributed by atoms with E-state index in [0.717, 1.165) is 19.6 Å². The summed E-state index contributed by atoms with van der Waals surface area (Å²) in [5.74, 6) is 0. The van der Waals surface area contributed by atoms with Crippen molar-refractivity contribution in [2.45, 2.75) is 38.8 Å². The van der Waals surface area contributed by atoms with Gasteiger partial charge in [0, 0.05) is 31.2 Å². The third kappa shape index (κ3) is 3.46. The van der Waals surface area contributed by atoms with Crippen LogP contribution in [0.25, 0.3) is 0 Å². The van der Waals surface area contributed by atoms with Crippen molar-refractivity contribution < 1.29 is 0 Å². The molecule has 2 nitrogen and oxygen atoms in total. The average molecular weight is 258 g/mol. The number of benzene rings is 1. The zero-order chi connectivity index (χ0) is 13.7. The van der Waals surface area contributed by atoms with E-state index in [1.165, 1.54) is 12.0 Å². The number of hydrogen-bond acceptors (Lipinski definition) is 2. The minimum absolute atomic E-state index is 0.243. The molecule has 104 valence electrons. The van der Waals surface area contributed by atoms with Crippen molar-refractivity contribution in [3.05, 3.63) is 48.0 Å². The summed E-state index contributed by atoms with van der Waals surface area (Å²) < 4.78 is 0. The van der Waals surface area contributed by atoms with Crippen molar-refractivity contribution in [2.24, 2.45) is 0 Å². The Labute approximate surface area is 117 Å². The third-order valence-corrected chi connectivity index (χ3v) is 4.26. The number of piperazine rings is 1. The third-order valence-electron chi connectivity index (χ3n) is 4.26. The van der Waals surface area contributed by atoms with Crippen LogP contribution in [-0.2, 0) is 0 Å². The Morgan fingerprint density at radius 1 is 1.37 bits per heavy atom. The van der Waals surface area contributed by atoms with Crippen LogP contribution in [0, 0.1) is 0 Å². The lowest BCUT2D eigenvalue weighted by atomic mass is 9.91. The minimum atomic E-state index is 0.243. The van der Waals surface area contributed by atoms with Crippen molar-refractivity contribution in [3.8, 4) is 0 Å². The molecule has 0 amide bonds. The van der Waals surface area contributed by atoms with Gasteiger partial charge in [-0.1, -0.05) is 49.4 Å². The Bertz CT molecular complexity index is 413. The quantitative estimate of drug-likeness (QED) is 0.833. The fourth-order valence-electron chi connectivity index (χ4n) is 2.76. The van der Waals surface area contributed by atoms with E-state index in [1.54, 1.807) is 0 Å². The lowest BCUT2D eigenvalue weighted by molar-refractivity contribution is 0.0955. The summed E-state index contributed by atoms with van der Waals surface area (Å²) in [6.07, 6.45) is 5.57. The van der Waals surface area contributed by atoms with E-state index >= 15 is 0 Å². The molecule has 0 bridgehead atoms. The molecule has 1 aromatic rings. The SMILES string of the molecule is C/C=C/CN1CC(C)(CC)NCC1c1ccccc1. The molecule has 2 atom stereocenters. The van der Waals surface area contributed by atoms with Crippen molar-refractivity contribution in [1.82, 2.24) is 10.2 Å². The van der Waals surface area contributed by atoms with Gasteiger partial charge in [-0.3, -0.25) is 4.90 Å². The Hall–Kier alpha value is -1.12. The van der Waals surface area contributed by atoms with Crippen LogP contribution in [-0.4, -0.2) is 30.1 Å². The second-order valence-electron chi connectivity index (χ2n) is 5.72. The highest BCUT2D eigenvalue weighted by Crippen LogP contribution is 2.28. The van der Waals surface area contributed by atoms with Crippen LogP contribution in [0.5, 0.6) is 0 Å². The lowest BCUT2D eigenvalue weighted by Gasteiger charge is -2.46. The van der Waals surface area contributed by atoms with Crippen molar-refractivity contribution >= 4 is 0 Å². The van der Waals surface area contributed by atoms with Gasteiger partial charge in [0.15, 0.2) is 0 Å². The van der Waals surface area contributed by atoms with Gasteiger partial charge in [-0.25, -0.2) is 0 Å².